The number of hydrogen-bond acceptors (Lipinski definition) is 1. The zero-order valence-electron chi connectivity index (χ0n) is 16.7. The van der Waals surface area contributed by atoms with E-state index in [9.17, 15) is 0 Å². The van der Waals surface area contributed by atoms with Crippen molar-refractivity contribution in [2.75, 3.05) is 0 Å². The second kappa shape index (κ2) is 9.04. The van der Waals surface area contributed by atoms with Crippen LogP contribution in [0, 0.1) is 11.3 Å². The normalized spacial score (nSPS) is 24.7. The minimum absolute atomic E-state index is 0.343. The molecule has 3 atom stereocenters. The van der Waals surface area contributed by atoms with Crippen LogP contribution in [-0.4, -0.2) is 6.04 Å². The van der Waals surface area contributed by atoms with Crippen molar-refractivity contribution in [3.63, 3.8) is 0 Å². The van der Waals surface area contributed by atoms with Crippen LogP contribution in [0.25, 0.3) is 0 Å². The molecule has 1 aromatic rings. The van der Waals surface area contributed by atoms with Gasteiger partial charge in [0.25, 0.3) is 0 Å². The molecule has 3 unspecified atom stereocenters. The standard InChI is InChI=1S/C23H39N/c1-6-7-8-9-10-13-18(2)22-23(4,5)16-19(3)21-15-12-11-14-20(21)17-24-22/h11-12,14-15,18-19,22,24H,6-10,13,16-17H2,1-5H3. The molecule has 0 saturated carbocycles. The monoisotopic (exact) mass is 329 g/mol. The van der Waals surface area contributed by atoms with Gasteiger partial charge < -0.3 is 5.32 Å². The molecule has 0 aromatic heterocycles. The lowest BCUT2D eigenvalue weighted by Crippen LogP contribution is -2.47. The van der Waals surface area contributed by atoms with Gasteiger partial charge in [0, 0.05) is 12.6 Å². The van der Waals surface area contributed by atoms with Gasteiger partial charge in [-0.25, -0.2) is 0 Å². The first-order chi connectivity index (χ1) is 11.5. The van der Waals surface area contributed by atoms with E-state index in [0.717, 1.165) is 12.5 Å². The van der Waals surface area contributed by atoms with Crippen LogP contribution in [0.5, 0.6) is 0 Å². The van der Waals surface area contributed by atoms with Crippen molar-refractivity contribution in [1.82, 2.24) is 5.32 Å². The number of rotatable bonds is 7. The zero-order chi connectivity index (χ0) is 17.6. The quantitative estimate of drug-likeness (QED) is 0.550. The van der Waals surface area contributed by atoms with Crippen molar-refractivity contribution in [3.05, 3.63) is 35.4 Å². The summed E-state index contributed by atoms with van der Waals surface area (Å²) in [6.07, 6.45) is 9.57. The van der Waals surface area contributed by atoms with E-state index in [-0.39, 0.29) is 0 Å². The van der Waals surface area contributed by atoms with Gasteiger partial charge in [-0.2, -0.15) is 0 Å². The van der Waals surface area contributed by atoms with E-state index in [1.54, 1.807) is 5.56 Å². The lowest BCUT2D eigenvalue weighted by Gasteiger charge is -2.43. The molecule has 0 radical (unpaired) electrons. The minimum atomic E-state index is 0.343. The van der Waals surface area contributed by atoms with Gasteiger partial charge in [-0.1, -0.05) is 91.0 Å². The summed E-state index contributed by atoms with van der Waals surface area (Å²) in [4.78, 5) is 0. The summed E-state index contributed by atoms with van der Waals surface area (Å²) < 4.78 is 0. The van der Waals surface area contributed by atoms with Gasteiger partial charge in [0.15, 0.2) is 0 Å². The Hall–Kier alpha value is -0.820. The molecule has 1 nitrogen and oxygen atoms in total. The molecule has 1 N–H and O–H groups in total. The Morgan fingerprint density at radius 3 is 2.58 bits per heavy atom. The molecule has 2 rings (SSSR count). The topological polar surface area (TPSA) is 12.0 Å². The fourth-order valence-electron chi connectivity index (χ4n) is 4.91. The van der Waals surface area contributed by atoms with Crippen LogP contribution in [0.15, 0.2) is 24.3 Å². The van der Waals surface area contributed by atoms with Crippen LogP contribution in [0.4, 0.5) is 0 Å². The molecule has 1 heteroatoms. The SMILES string of the molecule is CCCCCCCC(C)C1NCc2ccccc2C(C)CC1(C)C. The number of fused-ring (bicyclic) bond motifs is 1. The number of nitrogens with one attached hydrogen (secondary N) is 1. The first-order valence-corrected chi connectivity index (χ1v) is 10.3. The van der Waals surface area contributed by atoms with Gasteiger partial charge in [-0.15, -0.1) is 0 Å². The first-order valence-electron chi connectivity index (χ1n) is 10.3. The smallest absolute Gasteiger partial charge is 0.0211 e. The molecule has 0 spiro atoms. The van der Waals surface area contributed by atoms with Gasteiger partial charge in [0.2, 0.25) is 0 Å². The van der Waals surface area contributed by atoms with E-state index < -0.39 is 0 Å². The summed E-state index contributed by atoms with van der Waals surface area (Å²) in [5.74, 6) is 1.40. The average molecular weight is 330 g/mol. The van der Waals surface area contributed by atoms with Gasteiger partial charge in [-0.3, -0.25) is 0 Å². The Labute approximate surface area is 150 Å². The van der Waals surface area contributed by atoms with Crippen LogP contribution >= 0.6 is 0 Å². The second-order valence-corrected chi connectivity index (χ2v) is 8.83. The Kier molecular flexibility index (Phi) is 7.34. The van der Waals surface area contributed by atoms with E-state index in [1.807, 2.05) is 0 Å². The molecule has 1 aliphatic rings. The van der Waals surface area contributed by atoms with E-state index in [1.165, 1.54) is 50.5 Å². The first kappa shape index (κ1) is 19.5. The highest BCUT2D eigenvalue weighted by atomic mass is 14.9. The summed E-state index contributed by atoms with van der Waals surface area (Å²) in [7, 11) is 0. The van der Waals surface area contributed by atoms with Gasteiger partial charge in [0.05, 0.1) is 0 Å². The van der Waals surface area contributed by atoms with E-state index in [0.29, 0.717) is 17.4 Å². The largest absolute Gasteiger partial charge is 0.309 e. The predicted octanol–water partition coefficient (Wildman–Crippen LogP) is 6.67. The summed E-state index contributed by atoms with van der Waals surface area (Å²) in [5.41, 5.74) is 3.39. The van der Waals surface area contributed by atoms with Gasteiger partial charge >= 0.3 is 0 Å². The summed E-state index contributed by atoms with van der Waals surface area (Å²) in [6.45, 7) is 13.2. The average Bonchev–Trinajstić information content (AvgIpc) is 2.53. The number of benzene rings is 1. The molecule has 1 aliphatic heterocycles. The van der Waals surface area contributed by atoms with Crippen molar-refractivity contribution in [2.45, 2.75) is 98.1 Å². The highest BCUT2D eigenvalue weighted by molar-refractivity contribution is 5.31. The van der Waals surface area contributed by atoms with Crippen LogP contribution in [0.1, 0.15) is 96.6 Å². The lowest BCUT2D eigenvalue weighted by molar-refractivity contribution is 0.146. The summed E-state index contributed by atoms with van der Waals surface area (Å²) in [5, 5.41) is 3.94. The van der Waals surface area contributed by atoms with E-state index >= 15 is 0 Å². The molecule has 0 aliphatic carbocycles. The Balaban J connectivity index is 2.01. The highest BCUT2D eigenvalue weighted by Gasteiger charge is 2.36. The molecule has 0 saturated heterocycles. The highest BCUT2D eigenvalue weighted by Crippen LogP contribution is 2.40. The molecule has 0 amide bonds. The van der Waals surface area contributed by atoms with Crippen LogP contribution < -0.4 is 5.32 Å². The lowest BCUT2D eigenvalue weighted by atomic mass is 9.69. The van der Waals surface area contributed by atoms with Crippen molar-refractivity contribution in [2.24, 2.45) is 11.3 Å². The van der Waals surface area contributed by atoms with E-state index in [4.69, 9.17) is 0 Å². The van der Waals surface area contributed by atoms with Crippen molar-refractivity contribution >= 4 is 0 Å². The Morgan fingerprint density at radius 1 is 1.12 bits per heavy atom. The maximum Gasteiger partial charge on any atom is 0.0211 e. The third-order valence-electron chi connectivity index (χ3n) is 6.10. The summed E-state index contributed by atoms with van der Waals surface area (Å²) >= 11 is 0. The zero-order valence-corrected chi connectivity index (χ0v) is 16.7. The minimum Gasteiger partial charge on any atom is -0.309 e. The van der Waals surface area contributed by atoms with Crippen LogP contribution in [0.2, 0.25) is 0 Å². The van der Waals surface area contributed by atoms with Gasteiger partial charge in [0.1, 0.15) is 0 Å². The number of hydrogen-bond donors (Lipinski definition) is 1. The van der Waals surface area contributed by atoms with Crippen molar-refractivity contribution in [3.8, 4) is 0 Å². The van der Waals surface area contributed by atoms with Crippen LogP contribution in [-0.2, 0) is 6.54 Å². The molecule has 136 valence electrons. The molecule has 0 bridgehead atoms. The van der Waals surface area contributed by atoms with Gasteiger partial charge in [-0.05, 0) is 41.2 Å². The van der Waals surface area contributed by atoms with Crippen LogP contribution in [0.3, 0.4) is 0 Å². The fraction of sp³-hybridized carbons (Fsp3) is 0.739. The molecule has 24 heavy (non-hydrogen) atoms. The second-order valence-electron chi connectivity index (χ2n) is 8.83. The third kappa shape index (κ3) is 5.09. The predicted molar refractivity (Wildman–Crippen MR) is 106 cm³/mol. The fourth-order valence-corrected chi connectivity index (χ4v) is 4.91. The number of unbranched alkanes of at least 4 members (excludes halogenated alkanes) is 4. The molecule has 1 heterocycles. The third-order valence-corrected chi connectivity index (χ3v) is 6.10. The Bertz CT molecular complexity index is 491. The summed E-state index contributed by atoms with van der Waals surface area (Å²) in [6, 6.07) is 9.63. The molecule has 0 fully saturated rings. The Morgan fingerprint density at radius 2 is 1.83 bits per heavy atom. The maximum atomic E-state index is 3.94. The van der Waals surface area contributed by atoms with Crippen molar-refractivity contribution in [1.29, 1.82) is 0 Å². The molecule has 1 aromatic carbocycles. The molecular weight excluding hydrogens is 290 g/mol. The molecular formula is C23H39N. The van der Waals surface area contributed by atoms with Crippen molar-refractivity contribution < 1.29 is 0 Å². The van der Waals surface area contributed by atoms with E-state index in [2.05, 4.69) is 64.2 Å². The maximum absolute atomic E-state index is 3.94.